The van der Waals surface area contributed by atoms with Crippen molar-refractivity contribution in [2.45, 2.75) is 50.8 Å². The minimum Gasteiger partial charge on any atom is -0.452 e. The Balaban J connectivity index is 1.84. The molecular weight excluding hydrogens is 442 g/mol. The number of benzene rings is 1. The lowest BCUT2D eigenvalue weighted by atomic mass is 10.1. The third kappa shape index (κ3) is 6.14. The zero-order valence-corrected chi connectivity index (χ0v) is 20.5. The monoisotopic (exact) mass is 477 g/mol. The van der Waals surface area contributed by atoms with E-state index >= 15 is 0 Å². The number of likely N-dealkylation sites (N-methyl/N-ethyl adjacent to an activating group) is 1. The summed E-state index contributed by atoms with van der Waals surface area (Å²) in [5.74, 6) is -0.999. The normalized spacial score (nSPS) is 17.1. The van der Waals surface area contributed by atoms with Gasteiger partial charge in [0.15, 0.2) is 6.61 Å². The van der Waals surface area contributed by atoms with Gasteiger partial charge in [-0.25, -0.2) is 13.2 Å². The van der Waals surface area contributed by atoms with Crippen molar-refractivity contribution in [1.29, 1.82) is 0 Å². The van der Waals surface area contributed by atoms with E-state index in [0.717, 1.165) is 50.8 Å². The molecule has 0 atom stereocenters. The van der Waals surface area contributed by atoms with Gasteiger partial charge >= 0.3 is 5.97 Å². The smallest absolute Gasteiger partial charge is 0.340 e. The number of carbonyl (C=O) groups excluding carboxylic acids is 2. The quantitative estimate of drug-likeness (QED) is 0.401. The van der Waals surface area contributed by atoms with Gasteiger partial charge in [-0.1, -0.05) is 18.6 Å². The number of rotatable bonds is 9. The van der Waals surface area contributed by atoms with Crippen molar-refractivity contribution in [2.24, 2.45) is 0 Å². The van der Waals surface area contributed by atoms with Crippen molar-refractivity contribution in [3.05, 3.63) is 35.9 Å². The van der Waals surface area contributed by atoms with Gasteiger partial charge in [0.25, 0.3) is 5.91 Å². The fourth-order valence-electron chi connectivity index (χ4n) is 4.33. The van der Waals surface area contributed by atoms with Crippen molar-refractivity contribution >= 4 is 27.6 Å². The molecule has 2 aliphatic rings. The summed E-state index contributed by atoms with van der Waals surface area (Å²) in [4.78, 5) is 29.3. The lowest BCUT2D eigenvalue weighted by Crippen LogP contribution is -2.36. The third-order valence-electron chi connectivity index (χ3n) is 6.11. The van der Waals surface area contributed by atoms with Crippen LogP contribution < -0.4 is 4.90 Å². The van der Waals surface area contributed by atoms with Crippen molar-refractivity contribution in [3.63, 3.8) is 0 Å². The van der Waals surface area contributed by atoms with Crippen LogP contribution in [-0.4, -0.2) is 75.4 Å². The fraction of sp³-hybridized carbons (Fsp3) is 0.583. The fourth-order valence-corrected chi connectivity index (χ4v) is 5.87. The molecule has 1 amide bonds. The summed E-state index contributed by atoms with van der Waals surface area (Å²) in [7, 11) is -3.70. The summed E-state index contributed by atoms with van der Waals surface area (Å²) in [5.41, 5.74) is 1.67. The van der Waals surface area contributed by atoms with Crippen LogP contribution in [0.1, 0.15) is 56.3 Å². The van der Waals surface area contributed by atoms with Gasteiger partial charge in [0, 0.05) is 39.3 Å². The van der Waals surface area contributed by atoms with Crippen LogP contribution in [0.15, 0.2) is 35.2 Å². The Morgan fingerprint density at radius 1 is 1.06 bits per heavy atom. The Morgan fingerprint density at radius 2 is 1.70 bits per heavy atom. The number of hydrogen-bond donors (Lipinski definition) is 0. The van der Waals surface area contributed by atoms with Gasteiger partial charge in [-0.3, -0.25) is 4.79 Å². The predicted molar refractivity (Wildman–Crippen MR) is 128 cm³/mol. The number of carbonyl (C=O) groups is 2. The van der Waals surface area contributed by atoms with E-state index in [2.05, 4.69) is 11.5 Å². The van der Waals surface area contributed by atoms with Crippen LogP contribution in [0.3, 0.4) is 0 Å². The molecule has 0 spiro atoms. The highest BCUT2D eigenvalue weighted by Gasteiger charge is 2.29. The number of hydrogen-bond acceptors (Lipinski definition) is 6. The second-order valence-corrected chi connectivity index (χ2v) is 10.7. The first-order valence-corrected chi connectivity index (χ1v) is 13.2. The highest BCUT2D eigenvalue weighted by molar-refractivity contribution is 7.89. The molecule has 9 heteroatoms. The lowest BCUT2D eigenvalue weighted by molar-refractivity contribution is -0.133. The molecule has 0 N–H and O–H groups in total. The Morgan fingerprint density at radius 3 is 2.30 bits per heavy atom. The number of piperidine rings is 1. The van der Waals surface area contributed by atoms with Crippen molar-refractivity contribution < 1.29 is 22.7 Å². The highest BCUT2D eigenvalue weighted by Crippen LogP contribution is 2.30. The number of esters is 1. The van der Waals surface area contributed by atoms with E-state index in [-0.39, 0.29) is 16.4 Å². The van der Waals surface area contributed by atoms with Crippen LogP contribution in [-0.2, 0) is 19.6 Å². The molecule has 2 saturated heterocycles. The molecule has 0 bridgehead atoms. The Kier molecular flexibility index (Phi) is 8.53. The van der Waals surface area contributed by atoms with Gasteiger partial charge < -0.3 is 14.5 Å². The molecule has 0 radical (unpaired) electrons. The van der Waals surface area contributed by atoms with Crippen LogP contribution >= 0.6 is 0 Å². The number of anilines is 1. The lowest BCUT2D eigenvalue weighted by Gasteiger charge is -2.27. The van der Waals surface area contributed by atoms with E-state index in [1.54, 1.807) is 17.0 Å². The van der Waals surface area contributed by atoms with Gasteiger partial charge in [-0.2, -0.15) is 4.31 Å². The van der Waals surface area contributed by atoms with E-state index < -0.39 is 22.6 Å². The largest absolute Gasteiger partial charge is 0.452 e. The second-order valence-electron chi connectivity index (χ2n) is 8.78. The SMILES string of the molecule is C=C(C)CN(CC)C(=O)COC(=O)c1cc(S(=O)(=O)N2CCCCC2)ccc1N1CCCC1. The Hall–Kier alpha value is -2.39. The first-order chi connectivity index (χ1) is 15.7. The molecule has 2 fully saturated rings. The molecule has 1 aromatic rings. The average Bonchev–Trinajstić information content (AvgIpc) is 3.35. The third-order valence-corrected chi connectivity index (χ3v) is 8.00. The van der Waals surface area contributed by atoms with Crippen LogP contribution in [0.5, 0.6) is 0 Å². The van der Waals surface area contributed by atoms with E-state index in [0.29, 0.717) is 31.9 Å². The van der Waals surface area contributed by atoms with Crippen molar-refractivity contribution in [2.75, 3.05) is 50.8 Å². The van der Waals surface area contributed by atoms with Crippen molar-refractivity contribution in [1.82, 2.24) is 9.21 Å². The molecule has 1 aromatic carbocycles. The summed E-state index contributed by atoms with van der Waals surface area (Å²) in [6.07, 6.45) is 4.70. The summed E-state index contributed by atoms with van der Waals surface area (Å²) in [5, 5.41) is 0. The molecule has 2 aliphatic heterocycles. The maximum Gasteiger partial charge on any atom is 0.340 e. The van der Waals surface area contributed by atoms with Crippen LogP contribution in [0, 0.1) is 0 Å². The van der Waals surface area contributed by atoms with Gasteiger partial charge in [0.2, 0.25) is 10.0 Å². The summed E-state index contributed by atoms with van der Waals surface area (Å²) in [6, 6.07) is 4.68. The van der Waals surface area contributed by atoms with Gasteiger partial charge in [0.05, 0.1) is 16.1 Å². The van der Waals surface area contributed by atoms with Gasteiger partial charge in [-0.15, -0.1) is 0 Å². The number of sulfonamides is 1. The summed E-state index contributed by atoms with van der Waals surface area (Å²) < 4.78 is 33.2. The minimum absolute atomic E-state index is 0.0862. The first-order valence-electron chi connectivity index (χ1n) is 11.7. The zero-order valence-electron chi connectivity index (χ0n) is 19.7. The van der Waals surface area contributed by atoms with Crippen LogP contribution in [0.25, 0.3) is 0 Å². The molecule has 0 aromatic heterocycles. The first kappa shape index (κ1) is 25.2. The number of amides is 1. The topological polar surface area (TPSA) is 87.2 Å². The summed E-state index contributed by atoms with van der Waals surface area (Å²) >= 11 is 0. The minimum atomic E-state index is -3.70. The molecule has 3 rings (SSSR count). The maximum absolute atomic E-state index is 13.2. The molecule has 2 heterocycles. The number of ether oxygens (including phenoxy) is 1. The van der Waals surface area contributed by atoms with Crippen molar-refractivity contribution in [3.8, 4) is 0 Å². The summed E-state index contributed by atoms with van der Waals surface area (Å²) in [6.45, 7) is 10.5. The average molecular weight is 478 g/mol. The zero-order chi connectivity index (χ0) is 24.0. The Labute approximate surface area is 197 Å². The van der Waals surface area contributed by atoms with E-state index in [1.165, 1.54) is 10.4 Å². The second kappa shape index (κ2) is 11.2. The molecule has 8 nitrogen and oxygen atoms in total. The molecule has 182 valence electrons. The molecule has 33 heavy (non-hydrogen) atoms. The standard InChI is InChI=1S/C24H35N3O5S/c1-4-25(17-19(2)3)23(28)18-32-24(29)21-16-20(10-11-22(21)26-12-8-9-13-26)33(30,31)27-14-6-5-7-15-27/h10-11,16H,2,4-9,12-15,17-18H2,1,3H3. The predicted octanol–water partition coefficient (Wildman–Crippen LogP) is 3.04. The molecule has 0 saturated carbocycles. The molecular formula is C24H35N3O5S. The maximum atomic E-state index is 13.2. The van der Waals surface area contributed by atoms with Gasteiger partial charge in [0.1, 0.15) is 0 Å². The van der Waals surface area contributed by atoms with Crippen LogP contribution in [0.2, 0.25) is 0 Å². The van der Waals surface area contributed by atoms with E-state index in [4.69, 9.17) is 4.74 Å². The highest BCUT2D eigenvalue weighted by atomic mass is 32.2. The Bertz CT molecular complexity index is 980. The molecule has 0 aliphatic carbocycles. The van der Waals surface area contributed by atoms with E-state index in [1.807, 2.05) is 13.8 Å². The van der Waals surface area contributed by atoms with Gasteiger partial charge in [-0.05, 0) is 57.7 Å². The molecule has 0 unspecified atom stereocenters. The van der Waals surface area contributed by atoms with E-state index in [9.17, 15) is 18.0 Å². The van der Waals surface area contributed by atoms with Crippen LogP contribution in [0.4, 0.5) is 5.69 Å². The number of nitrogens with zero attached hydrogens (tertiary/aromatic N) is 3.